The Morgan fingerprint density at radius 2 is 1.97 bits per heavy atom. The van der Waals surface area contributed by atoms with Gasteiger partial charge in [0.15, 0.2) is 5.16 Å². The highest BCUT2D eigenvalue weighted by Gasteiger charge is 2.12. The van der Waals surface area contributed by atoms with Crippen molar-refractivity contribution in [3.05, 3.63) is 82.7 Å². The lowest BCUT2D eigenvalue weighted by molar-refractivity contribution is 0.307. The summed E-state index contributed by atoms with van der Waals surface area (Å²) in [5, 5.41) is 10.5. The van der Waals surface area contributed by atoms with E-state index in [1.807, 2.05) is 31.2 Å². The second-order valence-corrected chi connectivity index (χ2v) is 8.25. The molecule has 1 heterocycles. The van der Waals surface area contributed by atoms with Gasteiger partial charge in [0.1, 0.15) is 11.6 Å². The lowest BCUT2D eigenvalue weighted by atomic mass is 10.1. The Kier molecular flexibility index (Phi) is 7.78. The van der Waals surface area contributed by atoms with Crippen molar-refractivity contribution in [3.63, 3.8) is 0 Å². The minimum Gasteiger partial charge on any atom is -0.493 e. The second-order valence-electron chi connectivity index (χ2n) is 6.88. The van der Waals surface area contributed by atoms with E-state index in [9.17, 15) is 0 Å². The summed E-state index contributed by atoms with van der Waals surface area (Å²) in [5.41, 5.74) is 3.66. The van der Waals surface area contributed by atoms with Gasteiger partial charge in [0.25, 0.3) is 0 Å². The molecule has 0 bridgehead atoms. The molecule has 0 saturated heterocycles. The predicted octanol–water partition coefficient (Wildman–Crippen LogP) is 6.04. The number of nitrogens with zero attached hydrogens (tertiary/aromatic N) is 3. The zero-order chi connectivity index (χ0) is 20.6. The largest absolute Gasteiger partial charge is 0.493 e. The smallest absolute Gasteiger partial charge is 0.191 e. The molecule has 0 fully saturated rings. The van der Waals surface area contributed by atoms with Gasteiger partial charge in [-0.3, -0.25) is 0 Å². The maximum absolute atomic E-state index is 6.00. The van der Waals surface area contributed by atoms with E-state index < -0.39 is 0 Å². The number of aryl methyl sites for hydroxylation is 3. The number of hydrogen-bond acceptors (Lipinski definition) is 4. The minimum absolute atomic E-state index is 0.620. The quantitative estimate of drug-likeness (QED) is 0.225. The van der Waals surface area contributed by atoms with Gasteiger partial charge in [-0.15, -0.1) is 16.8 Å². The lowest BCUT2D eigenvalue weighted by Gasteiger charge is -2.10. The van der Waals surface area contributed by atoms with Crippen LogP contribution in [0.2, 0.25) is 5.02 Å². The van der Waals surface area contributed by atoms with Crippen molar-refractivity contribution in [2.24, 2.45) is 0 Å². The number of thioether (sulfide) groups is 1. The van der Waals surface area contributed by atoms with Crippen molar-refractivity contribution in [1.82, 2.24) is 14.8 Å². The number of aromatic nitrogens is 3. The average Bonchev–Trinajstić information content (AvgIpc) is 3.08. The van der Waals surface area contributed by atoms with Crippen LogP contribution in [0.4, 0.5) is 0 Å². The van der Waals surface area contributed by atoms with Gasteiger partial charge in [0.2, 0.25) is 0 Å². The van der Waals surface area contributed by atoms with Crippen LogP contribution in [0.1, 0.15) is 28.9 Å². The number of halogens is 1. The van der Waals surface area contributed by atoms with Crippen LogP contribution in [0.3, 0.4) is 0 Å². The van der Waals surface area contributed by atoms with Crippen molar-refractivity contribution in [1.29, 1.82) is 0 Å². The van der Waals surface area contributed by atoms with E-state index in [-0.39, 0.29) is 0 Å². The third-order valence-corrected chi connectivity index (χ3v) is 5.91. The first kappa shape index (κ1) is 21.5. The molecule has 3 rings (SSSR count). The molecule has 0 spiro atoms. The molecule has 152 valence electrons. The van der Waals surface area contributed by atoms with E-state index in [1.165, 1.54) is 11.1 Å². The Bertz CT molecular complexity index is 971. The molecular formula is C23H26ClN3OS. The van der Waals surface area contributed by atoms with Crippen LogP contribution in [0.5, 0.6) is 5.75 Å². The number of hydrogen-bond donors (Lipinski definition) is 0. The van der Waals surface area contributed by atoms with Crippen LogP contribution in [0.15, 0.2) is 60.3 Å². The molecule has 0 aliphatic rings. The van der Waals surface area contributed by atoms with Crippen molar-refractivity contribution in [2.75, 3.05) is 6.61 Å². The molecule has 0 atom stereocenters. The van der Waals surface area contributed by atoms with Crippen LogP contribution >= 0.6 is 23.4 Å². The highest BCUT2D eigenvalue weighted by Crippen LogP contribution is 2.25. The van der Waals surface area contributed by atoms with Crippen LogP contribution < -0.4 is 4.74 Å². The van der Waals surface area contributed by atoms with E-state index in [0.29, 0.717) is 13.2 Å². The Morgan fingerprint density at radius 1 is 1.14 bits per heavy atom. The molecule has 29 heavy (non-hydrogen) atoms. The molecule has 1 aromatic heterocycles. The molecule has 2 aromatic carbocycles. The van der Waals surface area contributed by atoms with Crippen molar-refractivity contribution >= 4 is 23.4 Å². The molecule has 4 nitrogen and oxygen atoms in total. The molecule has 0 N–H and O–H groups in total. The van der Waals surface area contributed by atoms with Crippen LogP contribution in [0, 0.1) is 13.8 Å². The summed E-state index contributed by atoms with van der Waals surface area (Å²) in [6.45, 7) is 9.34. The third kappa shape index (κ3) is 5.87. The average molecular weight is 428 g/mol. The molecular weight excluding hydrogens is 402 g/mol. The number of ether oxygens (including phenoxy) is 1. The normalized spacial score (nSPS) is 10.9. The van der Waals surface area contributed by atoms with Crippen LogP contribution in [-0.2, 0) is 18.7 Å². The first-order valence-corrected chi connectivity index (χ1v) is 11.0. The zero-order valence-corrected chi connectivity index (χ0v) is 18.5. The first-order chi connectivity index (χ1) is 14.1. The Hall–Kier alpha value is -2.24. The minimum atomic E-state index is 0.620. The van der Waals surface area contributed by atoms with Gasteiger partial charge < -0.3 is 9.30 Å². The molecule has 0 unspecified atom stereocenters. The van der Waals surface area contributed by atoms with Crippen molar-refractivity contribution in [3.8, 4) is 5.75 Å². The van der Waals surface area contributed by atoms with Gasteiger partial charge in [-0.05, 0) is 55.2 Å². The summed E-state index contributed by atoms with van der Waals surface area (Å²) < 4.78 is 8.04. The number of rotatable bonds is 10. The van der Waals surface area contributed by atoms with E-state index in [4.69, 9.17) is 16.3 Å². The van der Waals surface area contributed by atoms with Gasteiger partial charge in [-0.2, -0.15) is 0 Å². The maximum Gasteiger partial charge on any atom is 0.191 e. The molecule has 0 aliphatic carbocycles. The second kappa shape index (κ2) is 10.5. The van der Waals surface area contributed by atoms with Crippen LogP contribution in [-0.4, -0.2) is 21.4 Å². The molecule has 3 aromatic rings. The zero-order valence-electron chi connectivity index (χ0n) is 16.9. The summed E-state index contributed by atoms with van der Waals surface area (Å²) in [7, 11) is 0. The SMILES string of the molecule is C=CCn1c(CCCOc2ccc(Cl)cc2C)nnc1SCc1ccccc1C. The van der Waals surface area contributed by atoms with Gasteiger partial charge >= 0.3 is 0 Å². The molecule has 6 heteroatoms. The Labute approximate surface area is 182 Å². The first-order valence-electron chi connectivity index (χ1n) is 9.67. The van der Waals surface area contributed by atoms with Crippen molar-refractivity contribution in [2.45, 2.75) is 44.1 Å². The fraction of sp³-hybridized carbons (Fsp3) is 0.304. The molecule has 0 aliphatic heterocycles. The van der Waals surface area contributed by atoms with Gasteiger partial charge in [-0.25, -0.2) is 0 Å². The monoisotopic (exact) mass is 427 g/mol. The summed E-state index contributed by atoms with van der Waals surface area (Å²) >= 11 is 7.71. The van der Waals surface area contributed by atoms with Crippen LogP contribution in [0.25, 0.3) is 0 Å². The maximum atomic E-state index is 6.00. The van der Waals surface area contributed by atoms with Gasteiger partial charge in [0.05, 0.1) is 6.61 Å². The van der Waals surface area contributed by atoms with Crippen molar-refractivity contribution < 1.29 is 4.74 Å². The summed E-state index contributed by atoms with van der Waals surface area (Å²) in [6, 6.07) is 14.1. The van der Waals surface area contributed by atoms with E-state index in [0.717, 1.165) is 45.9 Å². The standard InChI is InChI=1S/C23H26ClN3OS/c1-4-13-27-22(10-7-14-28-21-12-11-20(24)15-18(21)3)25-26-23(27)29-16-19-9-6-5-8-17(19)2/h4-6,8-9,11-12,15H,1,7,10,13-14,16H2,2-3H3. The van der Waals surface area contributed by atoms with E-state index >= 15 is 0 Å². The Morgan fingerprint density at radius 3 is 2.72 bits per heavy atom. The molecule has 0 saturated carbocycles. The number of allylic oxidation sites excluding steroid dienone is 1. The topological polar surface area (TPSA) is 39.9 Å². The number of benzene rings is 2. The van der Waals surface area contributed by atoms with Gasteiger partial charge in [-0.1, -0.05) is 53.7 Å². The fourth-order valence-corrected chi connectivity index (χ4v) is 4.29. The summed E-state index contributed by atoms with van der Waals surface area (Å²) in [4.78, 5) is 0. The Balaban J connectivity index is 1.57. The van der Waals surface area contributed by atoms with Gasteiger partial charge in [0, 0.05) is 23.7 Å². The molecule has 0 amide bonds. The highest BCUT2D eigenvalue weighted by atomic mass is 35.5. The highest BCUT2D eigenvalue weighted by molar-refractivity contribution is 7.98. The summed E-state index contributed by atoms with van der Waals surface area (Å²) in [6.07, 6.45) is 3.55. The van der Waals surface area contributed by atoms with E-state index in [1.54, 1.807) is 11.8 Å². The van der Waals surface area contributed by atoms with E-state index in [2.05, 4.69) is 52.5 Å². The summed E-state index contributed by atoms with van der Waals surface area (Å²) in [5.74, 6) is 2.71. The molecule has 0 radical (unpaired) electrons. The fourth-order valence-electron chi connectivity index (χ4n) is 3.02. The third-order valence-electron chi connectivity index (χ3n) is 4.66. The predicted molar refractivity (Wildman–Crippen MR) is 121 cm³/mol. The lowest BCUT2D eigenvalue weighted by Crippen LogP contribution is -2.07.